The average Bonchev–Trinajstić information content (AvgIpc) is 2.38. The molecular weight excluding hydrogens is 252 g/mol. The van der Waals surface area contributed by atoms with Gasteiger partial charge in [0.05, 0.1) is 0 Å². The zero-order valence-corrected chi connectivity index (χ0v) is 10.0. The molecule has 1 saturated heterocycles. The molecule has 4 N–H and O–H groups in total. The number of carboxylic acid groups (broad SMARTS) is 1. The van der Waals surface area contributed by atoms with Crippen LogP contribution in [0.1, 0.15) is 10.4 Å². The van der Waals surface area contributed by atoms with Gasteiger partial charge in [0.15, 0.2) is 0 Å². The lowest BCUT2D eigenvalue weighted by Gasteiger charge is -2.33. The van der Waals surface area contributed by atoms with Crippen LogP contribution in [-0.4, -0.2) is 57.8 Å². The quantitative estimate of drug-likeness (QED) is 0.579. The van der Waals surface area contributed by atoms with Crippen molar-refractivity contribution in [3.05, 3.63) is 23.8 Å². The largest absolute Gasteiger partial charge is 0.507 e. The van der Waals surface area contributed by atoms with E-state index in [1.807, 2.05) is 0 Å². The number of nitrogens with zero attached hydrogens (tertiary/aromatic N) is 1. The van der Waals surface area contributed by atoms with Crippen molar-refractivity contribution in [3.63, 3.8) is 0 Å². The highest BCUT2D eigenvalue weighted by molar-refractivity contribution is 6.01. The van der Waals surface area contributed by atoms with Crippen LogP contribution in [0.3, 0.4) is 0 Å². The highest BCUT2D eigenvalue weighted by atomic mass is 16.4. The van der Waals surface area contributed by atoms with E-state index in [-0.39, 0.29) is 30.2 Å². The van der Waals surface area contributed by atoms with Gasteiger partial charge in [-0.05, 0) is 12.1 Å². The standard InChI is InChI=1S/C12H14N2O5/c15-8-2-1-3-9(16)10(8)11(17)14-5-4-13-6-7(14)12(18)19/h1-3,7,13,15-16H,4-6H2,(H,18,19). The number of hydrogen-bond donors (Lipinski definition) is 4. The second-order valence-electron chi connectivity index (χ2n) is 4.23. The topological polar surface area (TPSA) is 110 Å². The summed E-state index contributed by atoms with van der Waals surface area (Å²) in [6.07, 6.45) is 0. The number of hydrogen-bond acceptors (Lipinski definition) is 5. The smallest absolute Gasteiger partial charge is 0.327 e. The predicted molar refractivity (Wildman–Crippen MR) is 65.1 cm³/mol. The molecule has 0 bridgehead atoms. The Hall–Kier alpha value is -2.28. The molecule has 1 aromatic rings. The Morgan fingerprint density at radius 2 is 1.89 bits per heavy atom. The number of phenolic OH excluding ortho intramolecular Hbond substituents is 2. The molecular formula is C12H14N2O5. The summed E-state index contributed by atoms with van der Waals surface area (Å²) in [4.78, 5) is 24.5. The zero-order chi connectivity index (χ0) is 14.0. The van der Waals surface area contributed by atoms with E-state index in [1.165, 1.54) is 18.2 Å². The fourth-order valence-electron chi connectivity index (χ4n) is 2.06. The van der Waals surface area contributed by atoms with Crippen LogP contribution in [0.4, 0.5) is 0 Å². The molecule has 1 heterocycles. The van der Waals surface area contributed by atoms with Crippen LogP contribution in [0.25, 0.3) is 0 Å². The average molecular weight is 266 g/mol. The molecule has 1 atom stereocenters. The van der Waals surface area contributed by atoms with Gasteiger partial charge in [0.2, 0.25) is 0 Å². The highest BCUT2D eigenvalue weighted by Gasteiger charge is 2.34. The summed E-state index contributed by atoms with van der Waals surface area (Å²) in [5.74, 6) is -2.56. The van der Waals surface area contributed by atoms with Gasteiger partial charge in [0.25, 0.3) is 5.91 Å². The van der Waals surface area contributed by atoms with Crippen LogP contribution in [0.15, 0.2) is 18.2 Å². The number of piperazine rings is 1. The van der Waals surface area contributed by atoms with Crippen molar-refractivity contribution in [2.24, 2.45) is 0 Å². The van der Waals surface area contributed by atoms with E-state index in [9.17, 15) is 19.8 Å². The Morgan fingerprint density at radius 3 is 2.47 bits per heavy atom. The van der Waals surface area contributed by atoms with Crippen molar-refractivity contribution in [1.82, 2.24) is 10.2 Å². The Labute approximate surface area is 109 Å². The minimum Gasteiger partial charge on any atom is -0.507 e. The molecule has 7 nitrogen and oxygen atoms in total. The molecule has 19 heavy (non-hydrogen) atoms. The third-order valence-electron chi connectivity index (χ3n) is 3.02. The number of carbonyl (C=O) groups excluding carboxylic acids is 1. The highest BCUT2D eigenvalue weighted by Crippen LogP contribution is 2.28. The second-order valence-corrected chi connectivity index (χ2v) is 4.23. The fraction of sp³-hybridized carbons (Fsp3) is 0.333. The van der Waals surface area contributed by atoms with Crippen molar-refractivity contribution in [1.29, 1.82) is 0 Å². The Morgan fingerprint density at radius 1 is 1.26 bits per heavy atom. The molecule has 0 aromatic heterocycles. The molecule has 7 heteroatoms. The number of carboxylic acids is 1. The summed E-state index contributed by atoms with van der Waals surface area (Å²) < 4.78 is 0. The maximum atomic E-state index is 12.3. The van der Waals surface area contributed by atoms with E-state index in [2.05, 4.69) is 5.32 Å². The minimum atomic E-state index is -1.13. The number of rotatable bonds is 2. The molecule has 102 valence electrons. The molecule has 2 rings (SSSR count). The molecule has 0 aliphatic carbocycles. The second kappa shape index (κ2) is 5.15. The number of phenols is 2. The lowest BCUT2D eigenvalue weighted by molar-refractivity contribution is -0.142. The fourth-order valence-corrected chi connectivity index (χ4v) is 2.06. The van der Waals surface area contributed by atoms with Gasteiger partial charge >= 0.3 is 5.97 Å². The first kappa shape index (κ1) is 13.2. The van der Waals surface area contributed by atoms with Crippen LogP contribution < -0.4 is 5.32 Å². The lowest BCUT2D eigenvalue weighted by atomic mass is 10.1. The number of carbonyl (C=O) groups is 2. The number of nitrogens with one attached hydrogen (secondary N) is 1. The van der Waals surface area contributed by atoms with Gasteiger partial charge in [-0.2, -0.15) is 0 Å². The predicted octanol–water partition coefficient (Wildman–Crippen LogP) is -0.404. The molecule has 0 radical (unpaired) electrons. The van der Waals surface area contributed by atoms with Gasteiger partial charge in [-0.25, -0.2) is 4.79 Å². The van der Waals surface area contributed by atoms with E-state index in [1.54, 1.807) is 0 Å². The maximum absolute atomic E-state index is 12.3. The zero-order valence-electron chi connectivity index (χ0n) is 10.0. The first-order chi connectivity index (χ1) is 9.02. The van der Waals surface area contributed by atoms with E-state index in [0.717, 1.165) is 4.90 Å². The molecule has 1 unspecified atom stereocenters. The van der Waals surface area contributed by atoms with Crippen LogP contribution in [-0.2, 0) is 4.79 Å². The Balaban J connectivity index is 2.34. The van der Waals surface area contributed by atoms with Crippen molar-refractivity contribution in [3.8, 4) is 11.5 Å². The summed E-state index contributed by atoms with van der Waals surface area (Å²) in [5.41, 5.74) is -0.268. The van der Waals surface area contributed by atoms with E-state index in [4.69, 9.17) is 5.11 Å². The first-order valence-corrected chi connectivity index (χ1v) is 5.78. The van der Waals surface area contributed by atoms with Crippen molar-refractivity contribution >= 4 is 11.9 Å². The van der Waals surface area contributed by atoms with E-state index < -0.39 is 17.9 Å². The third-order valence-corrected chi connectivity index (χ3v) is 3.02. The van der Waals surface area contributed by atoms with E-state index >= 15 is 0 Å². The Bertz CT molecular complexity index is 497. The van der Waals surface area contributed by atoms with Crippen molar-refractivity contribution in [2.75, 3.05) is 19.6 Å². The van der Waals surface area contributed by atoms with Gasteiger partial charge in [-0.15, -0.1) is 0 Å². The van der Waals surface area contributed by atoms with Crippen molar-refractivity contribution in [2.45, 2.75) is 6.04 Å². The van der Waals surface area contributed by atoms with Crippen LogP contribution in [0.5, 0.6) is 11.5 Å². The molecule has 0 spiro atoms. The lowest BCUT2D eigenvalue weighted by Crippen LogP contribution is -2.57. The summed E-state index contributed by atoms with van der Waals surface area (Å²) in [6, 6.07) is 2.92. The van der Waals surface area contributed by atoms with Gasteiger partial charge in [0.1, 0.15) is 23.1 Å². The minimum absolute atomic E-state index is 0.134. The first-order valence-electron chi connectivity index (χ1n) is 5.78. The monoisotopic (exact) mass is 266 g/mol. The molecule has 1 fully saturated rings. The van der Waals surface area contributed by atoms with Crippen LogP contribution >= 0.6 is 0 Å². The normalized spacial score (nSPS) is 19.2. The van der Waals surface area contributed by atoms with Crippen molar-refractivity contribution < 1.29 is 24.9 Å². The molecule has 1 aromatic carbocycles. The SMILES string of the molecule is O=C(O)C1CNCCN1C(=O)c1c(O)cccc1O. The third kappa shape index (κ3) is 2.45. The van der Waals surface area contributed by atoms with Gasteiger partial charge in [0, 0.05) is 19.6 Å². The number of aliphatic carboxylic acids is 1. The number of benzene rings is 1. The molecule has 1 amide bonds. The number of aromatic hydroxyl groups is 2. The number of amides is 1. The van der Waals surface area contributed by atoms with Crippen LogP contribution in [0.2, 0.25) is 0 Å². The van der Waals surface area contributed by atoms with Crippen LogP contribution in [0, 0.1) is 0 Å². The maximum Gasteiger partial charge on any atom is 0.327 e. The molecule has 0 saturated carbocycles. The van der Waals surface area contributed by atoms with Gasteiger partial charge in [-0.3, -0.25) is 4.79 Å². The summed E-state index contributed by atoms with van der Waals surface area (Å²) in [6.45, 7) is 0.795. The Kier molecular flexibility index (Phi) is 3.57. The summed E-state index contributed by atoms with van der Waals surface area (Å²) in [5, 5.41) is 31.3. The molecule has 1 aliphatic heterocycles. The molecule has 1 aliphatic rings. The summed E-state index contributed by atoms with van der Waals surface area (Å²) >= 11 is 0. The van der Waals surface area contributed by atoms with Gasteiger partial charge < -0.3 is 25.5 Å². The van der Waals surface area contributed by atoms with Gasteiger partial charge in [-0.1, -0.05) is 6.07 Å². The van der Waals surface area contributed by atoms with E-state index in [0.29, 0.717) is 6.54 Å². The summed E-state index contributed by atoms with van der Waals surface area (Å²) in [7, 11) is 0.